The maximum absolute atomic E-state index is 12.7. The van der Waals surface area contributed by atoms with Crippen LogP contribution in [0.4, 0.5) is 0 Å². The van der Waals surface area contributed by atoms with E-state index >= 15 is 0 Å². The number of nitrogens with zero attached hydrogens (tertiary/aromatic N) is 2. The van der Waals surface area contributed by atoms with Crippen LogP contribution in [0, 0.1) is 6.92 Å². The molecule has 5 nitrogen and oxygen atoms in total. The molecule has 0 spiro atoms. The number of likely N-dealkylation sites (tertiary alicyclic amines) is 1. The van der Waals surface area contributed by atoms with Gasteiger partial charge in [0.2, 0.25) is 5.91 Å². The molecule has 2 aromatic rings. The molecule has 1 saturated heterocycles. The molecule has 152 valence electrons. The second kappa shape index (κ2) is 9.89. The minimum absolute atomic E-state index is 0.0692. The molecule has 1 amide bonds. The topological polar surface area (TPSA) is 48.7 Å². The first kappa shape index (κ1) is 20.6. The highest BCUT2D eigenvalue weighted by Crippen LogP contribution is 2.33. The normalized spacial score (nSPS) is 18.5. The van der Waals surface area contributed by atoms with Crippen molar-refractivity contribution in [3.63, 3.8) is 0 Å². The summed E-state index contributed by atoms with van der Waals surface area (Å²) in [7, 11) is 0. The molecule has 2 heterocycles. The van der Waals surface area contributed by atoms with Crippen molar-refractivity contribution < 1.29 is 9.21 Å². The molecule has 28 heavy (non-hydrogen) atoms. The summed E-state index contributed by atoms with van der Waals surface area (Å²) in [6, 6.07) is 12.8. The number of hydrogen-bond donors (Lipinski definition) is 1. The van der Waals surface area contributed by atoms with Crippen molar-refractivity contribution in [2.24, 2.45) is 0 Å². The Morgan fingerprint density at radius 1 is 1.25 bits per heavy atom. The zero-order valence-electron chi connectivity index (χ0n) is 17.4. The fourth-order valence-corrected chi connectivity index (χ4v) is 4.33. The van der Waals surface area contributed by atoms with E-state index in [9.17, 15) is 4.79 Å². The van der Waals surface area contributed by atoms with Crippen molar-refractivity contribution >= 4 is 5.91 Å². The lowest BCUT2D eigenvalue weighted by molar-refractivity contribution is -0.122. The van der Waals surface area contributed by atoms with E-state index in [0.717, 1.165) is 38.2 Å². The summed E-state index contributed by atoms with van der Waals surface area (Å²) in [5.41, 5.74) is 2.66. The average molecular weight is 384 g/mol. The van der Waals surface area contributed by atoms with E-state index in [1.807, 2.05) is 12.1 Å². The zero-order valence-corrected chi connectivity index (χ0v) is 17.4. The van der Waals surface area contributed by atoms with Gasteiger partial charge < -0.3 is 9.73 Å². The molecule has 1 N–H and O–H groups in total. The lowest BCUT2D eigenvalue weighted by Gasteiger charge is -2.29. The van der Waals surface area contributed by atoms with E-state index in [2.05, 4.69) is 60.2 Å². The van der Waals surface area contributed by atoms with E-state index in [-0.39, 0.29) is 11.9 Å². The number of nitrogens with one attached hydrogen (secondary N) is 1. The van der Waals surface area contributed by atoms with Gasteiger partial charge in [-0.15, -0.1) is 0 Å². The number of furan rings is 1. The predicted molar refractivity (Wildman–Crippen MR) is 112 cm³/mol. The maximum atomic E-state index is 12.7. The molecule has 2 atom stereocenters. The van der Waals surface area contributed by atoms with E-state index < -0.39 is 0 Å². The SMILES string of the molecule is CCN(CC)C(CNC(=O)CN1CCCC1c1ccccc1C)c1ccco1. The third-order valence-electron chi connectivity index (χ3n) is 5.88. The molecule has 1 aromatic carbocycles. The van der Waals surface area contributed by atoms with Gasteiger partial charge in [0.05, 0.1) is 18.8 Å². The first-order valence-electron chi connectivity index (χ1n) is 10.5. The molecule has 0 radical (unpaired) electrons. The lowest BCUT2D eigenvalue weighted by Crippen LogP contribution is -2.42. The van der Waals surface area contributed by atoms with E-state index in [1.165, 1.54) is 11.1 Å². The summed E-state index contributed by atoms with van der Waals surface area (Å²) >= 11 is 0. The van der Waals surface area contributed by atoms with Crippen LogP contribution in [0.15, 0.2) is 47.1 Å². The van der Waals surface area contributed by atoms with Crippen LogP contribution < -0.4 is 5.32 Å². The summed E-state index contributed by atoms with van der Waals surface area (Å²) in [6.07, 6.45) is 3.96. The number of aryl methyl sites for hydroxylation is 1. The molecule has 1 fully saturated rings. The molecular weight excluding hydrogens is 350 g/mol. The first-order valence-corrected chi connectivity index (χ1v) is 10.5. The van der Waals surface area contributed by atoms with Crippen LogP contribution in [0.2, 0.25) is 0 Å². The maximum Gasteiger partial charge on any atom is 0.234 e. The third-order valence-corrected chi connectivity index (χ3v) is 5.88. The van der Waals surface area contributed by atoms with Crippen LogP contribution in [0.3, 0.4) is 0 Å². The van der Waals surface area contributed by atoms with Gasteiger partial charge in [-0.1, -0.05) is 38.1 Å². The third kappa shape index (κ3) is 4.83. The molecule has 1 aliphatic rings. The van der Waals surface area contributed by atoms with Crippen LogP contribution in [0.1, 0.15) is 55.7 Å². The van der Waals surface area contributed by atoms with E-state index in [0.29, 0.717) is 19.1 Å². The number of benzene rings is 1. The van der Waals surface area contributed by atoms with Crippen molar-refractivity contribution in [1.82, 2.24) is 15.1 Å². The van der Waals surface area contributed by atoms with Gasteiger partial charge >= 0.3 is 0 Å². The summed E-state index contributed by atoms with van der Waals surface area (Å²) in [5, 5.41) is 3.15. The number of carbonyl (C=O) groups is 1. The lowest BCUT2D eigenvalue weighted by atomic mass is 9.99. The second-order valence-corrected chi connectivity index (χ2v) is 7.54. The van der Waals surface area contributed by atoms with Crippen molar-refractivity contribution in [3.8, 4) is 0 Å². The highest BCUT2D eigenvalue weighted by atomic mass is 16.3. The highest BCUT2D eigenvalue weighted by Gasteiger charge is 2.29. The largest absolute Gasteiger partial charge is 0.468 e. The van der Waals surface area contributed by atoms with Gasteiger partial charge in [-0.2, -0.15) is 0 Å². The summed E-state index contributed by atoms with van der Waals surface area (Å²) in [6.45, 7) is 10.3. The van der Waals surface area contributed by atoms with E-state index in [4.69, 9.17) is 4.42 Å². The van der Waals surface area contributed by atoms with Gasteiger partial charge in [-0.3, -0.25) is 14.6 Å². The molecule has 0 saturated carbocycles. The van der Waals surface area contributed by atoms with Crippen molar-refractivity contribution in [2.45, 2.75) is 45.7 Å². The fourth-order valence-electron chi connectivity index (χ4n) is 4.33. The van der Waals surface area contributed by atoms with Crippen LogP contribution in [-0.4, -0.2) is 48.4 Å². The van der Waals surface area contributed by atoms with Crippen molar-refractivity contribution in [2.75, 3.05) is 32.7 Å². The first-order chi connectivity index (χ1) is 13.6. The Bertz CT molecular complexity index is 740. The van der Waals surface area contributed by atoms with Crippen LogP contribution in [0.5, 0.6) is 0 Å². The van der Waals surface area contributed by atoms with Crippen LogP contribution >= 0.6 is 0 Å². The monoisotopic (exact) mass is 383 g/mol. The molecule has 0 bridgehead atoms. The second-order valence-electron chi connectivity index (χ2n) is 7.54. The zero-order chi connectivity index (χ0) is 19.9. The molecule has 1 aromatic heterocycles. The quantitative estimate of drug-likeness (QED) is 0.713. The molecular formula is C23H33N3O2. The van der Waals surface area contributed by atoms with Crippen LogP contribution in [-0.2, 0) is 4.79 Å². The minimum atomic E-state index is 0.0692. The van der Waals surface area contributed by atoms with Crippen molar-refractivity contribution in [1.29, 1.82) is 0 Å². The van der Waals surface area contributed by atoms with Gasteiger partial charge in [-0.05, 0) is 62.7 Å². The number of hydrogen-bond acceptors (Lipinski definition) is 4. The van der Waals surface area contributed by atoms with Gasteiger partial charge in [-0.25, -0.2) is 0 Å². The Morgan fingerprint density at radius 2 is 2.04 bits per heavy atom. The molecule has 0 aliphatic carbocycles. The molecule has 5 heteroatoms. The summed E-state index contributed by atoms with van der Waals surface area (Å²) in [4.78, 5) is 17.4. The van der Waals surface area contributed by atoms with Gasteiger partial charge in [0.15, 0.2) is 0 Å². The Labute approximate surface area is 168 Å². The number of carbonyl (C=O) groups excluding carboxylic acids is 1. The smallest absolute Gasteiger partial charge is 0.234 e. The van der Waals surface area contributed by atoms with E-state index in [1.54, 1.807) is 6.26 Å². The highest BCUT2D eigenvalue weighted by molar-refractivity contribution is 5.78. The standard InChI is InChI=1S/C23H33N3O2/c1-4-25(5-2)21(22-13-9-15-28-22)16-24-23(27)17-26-14-8-12-20(26)19-11-7-6-10-18(19)3/h6-7,9-11,13,15,20-21H,4-5,8,12,14,16-17H2,1-3H3,(H,24,27). The predicted octanol–water partition coefficient (Wildman–Crippen LogP) is 3.92. The molecule has 2 unspecified atom stereocenters. The summed E-state index contributed by atoms with van der Waals surface area (Å²) < 4.78 is 5.63. The Hall–Kier alpha value is -2.11. The van der Waals surface area contributed by atoms with Gasteiger partial charge in [0.1, 0.15) is 5.76 Å². The number of rotatable bonds is 9. The van der Waals surface area contributed by atoms with Gasteiger partial charge in [0, 0.05) is 12.6 Å². The Morgan fingerprint density at radius 3 is 2.71 bits per heavy atom. The molecule has 1 aliphatic heterocycles. The molecule has 3 rings (SSSR count). The number of likely N-dealkylation sites (N-methyl/N-ethyl adjacent to an activating group) is 1. The average Bonchev–Trinajstić information content (AvgIpc) is 3.38. The fraction of sp³-hybridized carbons (Fsp3) is 0.522. The number of amides is 1. The van der Waals surface area contributed by atoms with Crippen LogP contribution in [0.25, 0.3) is 0 Å². The minimum Gasteiger partial charge on any atom is -0.468 e. The summed E-state index contributed by atoms with van der Waals surface area (Å²) in [5.74, 6) is 0.993. The Balaban J connectivity index is 1.60. The van der Waals surface area contributed by atoms with Crippen molar-refractivity contribution in [3.05, 3.63) is 59.5 Å². The van der Waals surface area contributed by atoms with Gasteiger partial charge in [0.25, 0.3) is 0 Å². The Kier molecular flexibility index (Phi) is 7.29.